The van der Waals surface area contributed by atoms with Gasteiger partial charge in [0.2, 0.25) is 0 Å². The third-order valence-electron chi connectivity index (χ3n) is 2.32. The zero-order chi connectivity index (χ0) is 13.7. The molecule has 0 bridgehead atoms. The van der Waals surface area contributed by atoms with Gasteiger partial charge in [0.15, 0.2) is 6.10 Å². The zero-order valence-corrected chi connectivity index (χ0v) is 10.6. The second-order valence-electron chi connectivity index (χ2n) is 3.73. The summed E-state index contributed by atoms with van der Waals surface area (Å²) in [5.74, 6) is -1.96. The van der Waals surface area contributed by atoms with E-state index >= 15 is 0 Å². The van der Waals surface area contributed by atoms with Crippen molar-refractivity contribution < 1.29 is 19.4 Å². The Morgan fingerprint density at radius 2 is 2.17 bits per heavy atom. The summed E-state index contributed by atoms with van der Waals surface area (Å²) in [5, 5.41) is 8.96. The summed E-state index contributed by atoms with van der Waals surface area (Å²) in [6.07, 6.45) is -0.323. The minimum absolute atomic E-state index is 0.0685. The lowest BCUT2D eigenvalue weighted by Crippen LogP contribution is -2.27. The van der Waals surface area contributed by atoms with Gasteiger partial charge < -0.3 is 15.6 Å². The Morgan fingerprint density at radius 3 is 2.72 bits per heavy atom. The molecule has 0 radical (unpaired) electrons. The number of anilines is 1. The number of nitrogen functional groups attached to an aromatic ring is 1. The van der Waals surface area contributed by atoms with Crippen molar-refractivity contribution in [2.45, 2.75) is 25.9 Å². The number of carbonyl (C=O) groups is 2. The van der Waals surface area contributed by atoms with Gasteiger partial charge in [-0.15, -0.1) is 0 Å². The van der Waals surface area contributed by atoms with E-state index in [1.807, 2.05) is 0 Å². The first kappa shape index (κ1) is 14.3. The Hall–Kier alpha value is -1.75. The second-order valence-corrected chi connectivity index (χ2v) is 4.11. The molecule has 0 saturated carbocycles. The maximum atomic E-state index is 11.8. The third kappa shape index (κ3) is 3.37. The van der Waals surface area contributed by atoms with Crippen molar-refractivity contribution in [1.82, 2.24) is 0 Å². The number of carbonyl (C=O) groups excluding carboxylic acids is 1. The van der Waals surface area contributed by atoms with Gasteiger partial charge in [0.05, 0.1) is 16.3 Å². The van der Waals surface area contributed by atoms with E-state index in [1.165, 1.54) is 6.07 Å². The average Bonchev–Trinajstić information content (AvgIpc) is 2.31. The number of hydrogen-bond donors (Lipinski definition) is 2. The first-order valence-electron chi connectivity index (χ1n) is 5.45. The molecular weight excluding hydrogens is 258 g/mol. The first-order chi connectivity index (χ1) is 8.47. The lowest BCUT2D eigenvalue weighted by molar-refractivity contribution is -0.147. The Bertz CT molecular complexity index is 461. The monoisotopic (exact) mass is 271 g/mol. The molecule has 0 spiro atoms. The molecule has 1 rings (SSSR count). The second kappa shape index (κ2) is 6.26. The molecule has 6 heteroatoms. The van der Waals surface area contributed by atoms with Gasteiger partial charge in [0.25, 0.3) is 0 Å². The van der Waals surface area contributed by atoms with E-state index in [1.54, 1.807) is 19.1 Å². The van der Waals surface area contributed by atoms with Crippen LogP contribution in [0.2, 0.25) is 5.02 Å². The highest BCUT2D eigenvalue weighted by Gasteiger charge is 2.23. The van der Waals surface area contributed by atoms with Crippen LogP contribution in [0, 0.1) is 0 Å². The lowest BCUT2D eigenvalue weighted by Gasteiger charge is -2.13. The molecule has 0 fully saturated rings. The van der Waals surface area contributed by atoms with Crippen molar-refractivity contribution in [2.75, 3.05) is 5.73 Å². The lowest BCUT2D eigenvalue weighted by atomic mass is 10.2. The van der Waals surface area contributed by atoms with Gasteiger partial charge >= 0.3 is 11.9 Å². The smallest absolute Gasteiger partial charge is 0.345 e. The van der Waals surface area contributed by atoms with Crippen molar-refractivity contribution in [3.8, 4) is 0 Å². The molecule has 0 aliphatic carbocycles. The van der Waals surface area contributed by atoms with Crippen molar-refractivity contribution in [2.24, 2.45) is 0 Å². The number of ether oxygens (including phenoxy) is 1. The minimum Gasteiger partial charge on any atom is -0.479 e. The summed E-state index contributed by atoms with van der Waals surface area (Å²) in [7, 11) is 0. The predicted molar refractivity (Wildman–Crippen MR) is 67.6 cm³/mol. The van der Waals surface area contributed by atoms with Crippen LogP contribution in [0.25, 0.3) is 0 Å². The van der Waals surface area contributed by atoms with Gasteiger partial charge in [-0.1, -0.05) is 31.0 Å². The van der Waals surface area contributed by atoms with Gasteiger partial charge in [-0.25, -0.2) is 9.59 Å². The molecule has 3 N–H and O–H groups in total. The maximum Gasteiger partial charge on any atom is 0.345 e. The molecule has 0 aliphatic heterocycles. The molecule has 0 saturated heterocycles. The van der Waals surface area contributed by atoms with Gasteiger partial charge in [-0.05, 0) is 18.6 Å². The van der Waals surface area contributed by atoms with Crippen LogP contribution in [0.1, 0.15) is 30.1 Å². The van der Waals surface area contributed by atoms with E-state index in [-0.39, 0.29) is 22.7 Å². The standard InChI is InChI=1S/C12H14ClNO4/c1-2-4-9(11(15)16)18-12(17)7-5-3-6-8(14)10(7)13/h3,5-6,9H,2,4,14H2,1H3,(H,15,16). The largest absolute Gasteiger partial charge is 0.479 e. The quantitative estimate of drug-likeness (QED) is 0.634. The number of benzene rings is 1. The van der Waals surface area contributed by atoms with Crippen LogP contribution in [0.15, 0.2) is 18.2 Å². The van der Waals surface area contributed by atoms with Crippen molar-refractivity contribution in [3.63, 3.8) is 0 Å². The number of nitrogens with two attached hydrogens (primary N) is 1. The van der Waals surface area contributed by atoms with E-state index in [4.69, 9.17) is 27.2 Å². The molecule has 0 aromatic heterocycles. The maximum absolute atomic E-state index is 11.8. The molecule has 18 heavy (non-hydrogen) atoms. The summed E-state index contributed by atoms with van der Waals surface area (Å²) in [6.45, 7) is 1.80. The normalized spacial score (nSPS) is 11.9. The Morgan fingerprint density at radius 1 is 1.50 bits per heavy atom. The highest BCUT2D eigenvalue weighted by molar-refractivity contribution is 6.36. The number of carboxylic acids is 1. The van der Waals surface area contributed by atoms with E-state index in [0.717, 1.165) is 0 Å². The molecule has 1 aromatic carbocycles. The predicted octanol–water partition coefficient (Wildman–Crippen LogP) is 2.33. The summed E-state index contributed by atoms with van der Waals surface area (Å²) in [6, 6.07) is 4.53. The Kier molecular flexibility index (Phi) is 4.97. The summed E-state index contributed by atoms with van der Waals surface area (Å²) >= 11 is 5.85. The number of esters is 1. The fraction of sp³-hybridized carbons (Fsp3) is 0.333. The Balaban J connectivity index is 2.87. The van der Waals surface area contributed by atoms with Gasteiger partial charge in [-0.2, -0.15) is 0 Å². The van der Waals surface area contributed by atoms with Crippen molar-refractivity contribution >= 4 is 29.2 Å². The van der Waals surface area contributed by atoms with Crippen LogP contribution < -0.4 is 5.73 Å². The van der Waals surface area contributed by atoms with Gasteiger partial charge in [0, 0.05) is 0 Å². The van der Waals surface area contributed by atoms with Gasteiger partial charge in [0.1, 0.15) is 0 Å². The average molecular weight is 272 g/mol. The topological polar surface area (TPSA) is 89.6 Å². The highest BCUT2D eigenvalue weighted by Crippen LogP contribution is 2.24. The molecule has 1 unspecified atom stereocenters. The fourth-order valence-corrected chi connectivity index (χ4v) is 1.60. The van der Waals surface area contributed by atoms with Crippen LogP contribution in [-0.4, -0.2) is 23.1 Å². The van der Waals surface area contributed by atoms with Crippen molar-refractivity contribution in [1.29, 1.82) is 0 Å². The molecule has 0 aliphatic rings. The molecule has 1 aromatic rings. The van der Waals surface area contributed by atoms with E-state index in [9.17, 15) is 9.59 Å². The minimum atomic E-state index is -1.18. The molecule has 98 valence electrons. The first-order valence-corrected chi connectivity index (χ1v) is 5.83. The number of halogens is 1. The number of carboxylic acid groups (broad SMARTS) is 1. The van der Waals surface area contributed by atoms with Crippen molar-refractivity contribution in [3.05, 3.63) is 28.8 Å². The molecule has 5 nitrogen and oxygen atoms in total. The van der Waals surface area contributed by atoms with Crippen LogP contribution in [0.5, 0.6) is 0 Å². The van der Waals surface area contributed by atoms with Crippen LogP contribution in [-0.2, 0) is 9.53 Å². The summed E-state index contributed by atoms with van der Waals surface area (Å²) in [5.41, 5.74) is 5.86. The molecular formula is C12H14ClNO4. The van der Waals surface area contributed by atoms with E-state index in [2.05, 4.69) is 0 Å². The van der Waals surface area contributed by atoms with E-state index < -0.39 is 18.0 Å². The number of aliphatic carboxylic acids is 1. The third-order valence-corrected chi connectivity index (χ3v) is 2.75. The van der Waals surface area contributed by atoms with E-state index in [0.29, 0.717) is 6.42 Å². The SMILES string of the molecule is CCCC(OC(=O)c1cccc(N)c1Cl)C(=O)O. The summed E-state index contributed by atoms with van der Waals surface area (Å²) < 4.78 is 4.90. The summed E-state index contributed by atoms with van der Waals surface area (Å²) in [4.78, 5) is 22.7. The fourth-order valence-electron chi connectivity index (χ4n) is 1.40. The van der Waals surface area contributed by atoms with Crippen LogP contribution in [0.4, 0.5) is 5.69 Å². The molecule has 0 amide bonds. The highest BCUT2D eigenvalue weighted by atomic mass is 35.5. The zero-order valence-electron chi connectivity index (χ0n) is 9.85. The number of hydrogen-bond acceptors (Lipinski definition) is 4. The Labute approximate surface area is 109 Å². The molecule has 1 atom stereocenters. The molecule has 0 heterocycles. The number of rotatable bonds is 5. The van der Waals surface area contributed by atoms with Crippen LogP contribution >= 0.6 is 11.6 Å². The van der Waals surface area contributed by atoms with Gasteiger partial charge in [-0.3, -0.25) is 0 Å². The van der Waals surface area contributed by atoms with Crippen LogP contribution in [0.3, 0.4) is 0 Å².